The summed E-state index contributed by atoms with van der Waals surface area (Å²) in [5.74, 6) is 0.670. The number of hydrogen-bond donors (Lipinski definition) is 2. The number of nitrogens with zero attached hydrogens (tertiary/aromatic N) is 3. The first-order valence-corrected chi connectivity index (χ1v) is 11.9. The van der Waals surface area contributed by atoms with Gasteiger partial charge in [-0.05, 0) is 30.5 Å². The first-order chi connectivity index (χ1) is 16.6. The van der Waals surface area contributed by atoms with Crippen LogP contribution in [0.5, 0.6) is 0 Å². The molecule has 1 aliphatic rings. The summed E-state index contributed by atoms with van der Waals surface area (Å²) in [6.07, 6.45) is 8.07. The maximum Gasteiger partial charge on any atom is 0.227 e. The Hall–Kier alpha value is -3.55. The van der Waals surface area contributed by atoms with Gasteiger partial charge < -0.3 is 15.2 Å². The Morgan fingerprint density at radius 3 is 2.44 bits per heavy atom. The molecule has 1 atom stereocenters. The van der Waals surface area contributed by atoms with Crippen molar-refractivity contribution >= 4 is 11.8 Å². The molecule has 1 unspecified atom stereocenters. The maximum atomic E-state index is 12.9. The van der Waals surface area contributed by atoms with Gasteiger partial charge in [0.1, 0.15) is 5.54 Å². The summed E-state index contributed by atoms with van der Waals surface area (Å²) in [6.45, 7) is 1.52. The highest BCUT2D eigenvalue weighted by Gasteiger charge is 2.38. The molecule has 0 bridgehead atoms. The van der Waals surface area contributed by atoms with Gasteiger partial charge in [0.25, 0.3) is 0 Å². The van der Waals surface area contributed by atoms with Gasteiger partial charge in [0, 0.05) is 26.0 Å². The number of hydrogen-bond acceptors (Lipinski definition) is 6. The van der Waals surface area contributed by atoms with E-state index in [2.05, 4.69) is 25.8 Å². The smallest absolute Gasteiger partial charge is 0.227 e. The van der Waals surface area contributed by atoms with E-state index in [-0.39, 0.29) is 24.3 Å². The van der Waals surface area contributed by atoms with E-state index < -0.39 is 5.54 Å². The molecule has 8 heteroatoms. The molecule has 178 valence electrons. The lowest BCUT2D eigenvalue weighted by molar-refractivity contribution is -0.122. The van der Waals surface area contributed by atoms with Gasteiger partial charge >= 0.3 is 0 Å². The van der Waals surface area contributed by atoms with Crippen LogP contribution >= 0.6 is 0 Å². The largest absolute Gasteiger partial charge is 0.344 e. The second-order valence-corrected chi connectivity index (χ2v) is 8.86. The number of amides is 2. The lowest BCUT2D eigenvalue weighted by atomic mass is 9.89. The number of pyridine rings is 1. The van der Waals surface area contributed by atoms with E-state index in [0.717, 1.165) is 49.8 Å². The third kappa shape index (κ3) is 5.87. The monoisotopic (exact) mass is 461 g/mol. The fourth-order valence-corrected chi connectivity index (χ4v) is 4.60. The van der Waals surface area contributed by atoms with Crippen LogP contribution in [0.1, 0.15) is 80.9 Å². The van der Waals surface area contributed by atoms with E-state index in [9.17, 15) is 9.59 Å². The summed E-state index contributed by atoms with van der Waals surface area (Å²) < 4.78 is 5.49. The van der Waals surface area contributed by atoms with Crippen LogP contribution in [-0.2, 0) is 21.5 Å². The van der Waals surface area contributed by atoms with E-state index in [1.165, 1.54) is 6.92 Å². The Labute approximate surface area is 199 Å². The fourth-order valence-electron chi connectivity index (χ4n) is 4.60. The van der Waals surface area contributed by atoms with Gasteiger partial charge in [0.05, 0.1) is 11.7 Å². The third-order valence-electron chi connectivity index (χ3n) is 6.26. The molecule has 2 N–H and O–H groups in total. The van der Waals surface area contributed by atoms with Crippen molar-refractivity contribution in [3.05, 3.63) is 77.7 Å². The summed E-state index contributed by atoms with van der Waals surface area (Å²) in [4.78, 5) is 33.8. The van der Waals surface area contributed by atoms with Crippen molar-refractivity contribution in [1.82, 2.24) is 25.8 Å². The average Bonchev–Trinajstić information content (AvgIpc) is 3.22. The van der Waals surface area contributed by atoms with Crippen molar-refractivity contribution in [3.63, 3.8) is 0 Å². The minimum Gasteiger partial charge on any atom is -0.344 e. The number of carbonyl (C=O) groups is 2. The quantitative estimate of drug-likeness (QED) is 0.491. The average molecular weight is 462 g/mol. The van der Waals surface area contributed by atoms with Crippen molar-refractivity contribution < 1.29 is 14.1 Å². The van der Waals surface area contributed by atoms with Crippen LogP contribution in [0.4, 0.5) is 0 Å². The molecule has 34 heavy (non-hydrogen) atoms. The van der Waals surface area contributed by atoms with Crippen LogP contribution in [0, 0.1) is 0 Å². The highest BCUT2D eigenvalue weighted by molar-refractivity contribution is 5.77. The molecule has 3 aromatic rings. The Morgan fingerprint density at radius 2 is 1.76 bits per heavy atom. The van der Waals surface area contributed by atoms with Crippen LogP contribution in [-0.4, -0.2) is 26.9 Å². The molecule has 0 saturated heterocycles. The molecule has 0 spiro atoms. The van der Waals surface area contributed by atoms with Crippen LogP contribution in [0.25, 0.3) is 0 Å². The van der Waals surface area contributed by atoms with Gasteiger partial charge in [-0.15, -0.1) is 0 Å². The zero-order valence-electron chi connectivity index (χ0n) is 19.5. The number of rotatable bonds is 8. The molecule has 1 fully saturated rings. The molecule has 1 aromatic carbocycles. The number of aryl methyl sites for hydroxylation is 1. The van der Waals surface area contributed by atoms with Gasteiger partial charge in [-0.25, -0.2) is 0 Å². The number of aromatic nitrogens is 3. The second kappa shape index (κ2) is 11.0. The standard InChI is InChI=1S/C26H31N5O3/c1-19(32)30-26(16-8-2-3-9-17-26)25-29-23(34-31-25)15-14-22(33)28-24(20-11-5-4-6-12-20)21-13-7-10-18-27-21/h4-7,10-13,18,24H,2-3,8-9,14-17H2,1H3,(H,28,33)(H,30,32). The predicted molar refractivity (Wildman–Crippen MR) is 126 cm³/mol. The molecule has 2 aromatic heterocycles. The first-order valence-electron chi connectivity index (χ1n) is 11.9. The fraction of sp³-hybridized carbons (Fsp3) is 0.423. The van der Waals surface area contributed by atoms with Crippen molar-refractivity contribution in [2.45, 2.75) is 69.9 Å². The summed E-state index contributed by atoms with van der Waals surface area (Å²) in [5, 5.41) is 10.4. The zero-order valence-corrected chi connectivity index (χ0v) is 19.5. The Balaban J connectivity index is 1.43. The van der Waals surface area contributed by atoms with Crippen LogP contribution in [0.15, 0.2) is 59.3 Å². The van der Waals surface area contributed by atoms with Crippen molar-refractivity contribution in [1.29, 1.82) is 0 Å². The number of nitrogens with one attached hydrogen (secondary N) is 2. The summed E-state index contributed by atoms with van der Waals surface area (Å²) in [5.41, 5.74) is 1.14. The summed E-state index contributed by atoms with van der Waals surface area (Å²) >= 11 is 0. The second-order valence-electron chi connectivity index (χ2n) is 8.86. The molecule has 8 nitrogen and oxygen atoms in total. The van der Waals surface area contributed by atoms with E-state index in [0.29, 0.717) is 18.1 Å². The summed E-state index contributed by atoms with van der Waals surface area (Å²) in [6, 6.07) is 15.1. The Bertz CT molecular complexity index is 1040. The van der Waals surface area contributed by atoms with Crippen LogP contribution < -0.4 is 10.6 Å². The highest BCUT2D eigenvalue weighted by atomic mass is 16.5. The van der Waals surface area contributed by atoms with E-state index in [1.54, 1.807) is 6.20 Å². The third-order valence-corrected chi connectivity index (χ3v) is 6.26. The van der Waals surface area contributed by atoms with Crippen molar-refractivity contribution in [3.8, 4) is 0 Å². The Kier molecular flexibility index (Phi) is 7.67. The molecular weight excluding hydrogens is 430 g/mol. The minimum atomic E-state index is -0.594. The summed E-state index contributed by atoms with van der Waals surface area (Å²) in [7, 11) is 0. The SMILES string of the molecule is CC(=O)NC1(c2noc(CCC(=O)NC(c3ccccc3)c3ccccn3)n2)CCCCCC1. The van der Waals surface area contributed by atoms with Gasteiger partial charge in [-0.1, -0.05) is 67.2 Å². The molecular formula is C26H31N5O3. The first kappa shape index (κ1) is 23.6. The van der Waals surface area contributed by atoms with E-state index in [4.69, 9.17) is 4.52 Å². The lowest BCUT2D eigenvalue weighted by Crippen LogP contribution is -2.45. The van der Waals surface area contributed by atoms with E-state index >= 15 is 0 Å². The lowest BCUT2D eigenvalue weighted by Gasteiger charge is -2.30. The maximum absolute atomic E-state index is 12.9. The minimum absolute atomic E-state index is 0.103. The molecule has 0 aliphatic heterocycles. The molecule has 4 rings (SSSR count). The highest BCUT2D eigenvalue weighted by Crippen LogP contribution is 2.34. The number of benzene rings is 1. The van der Waals surface area contributed by atoms with Gasteiger partial charge in [-0.2, -0.15) is 4.98 Å². The molecule has 1 saturated carbocycles. The Morgan fingerprint density at radius 1 is 1.03 bits per heavy atom. The predicted octanol–water partition coefficient (Wildman–Crippen LogP) is 3.99. The van der Waals surface area contributed by atoms with Crippen molar-refractivity contribution in [2.75, 3.05) is 0 Å². The van der Waals surface area contributed by atoms with Gasteiger partial charge in [0.15, 0.2) is 5.82 Å². The van der Waals surface area contributed by atoms with Gasteiger partial charge in [0.2, 0.25) is 17.7 Å². The van der Waals surface area contributed by atoms with Crippen molar-refractivity contribution in [2.24, 2.45) is 0 Å². The van der Waals surface area contributed by atoms with Crippen LogP contribution in [0.3, 0.4) is 0 Å². The normalized spacial score (nSPS) is 16.3. The van der Waals surface area contributed by atoms with E-state index in [1.807, 2.05) is 48.5 Å². The van der Waals surface area contributed by atoms with Crippen LogP contribution in [0.2, 0.25) is 0 Å². The number of carbonyl (C=O) groups excluding carboxylic acids is 2. The molecule has 2 amide bonds. The molecule has 2 heterocycles. The topological polar surface area (TPSA) is 110 Å². The zero-order chi connectivity index (χ0) is 23.8. The molecule has 1 aliphatic carbocycles. The van der Waals surface area contributed by atoms with Gasteiger partial charge in [-0.3, -0.25) is 14.6 Å². The molecule has 0 radical (unpaired) electrons.